The maximum Gasteiger partial charge on any atom is 0.408 e. The minimum absolute atomic E-state index is 0.0132. The molecule has 11 nitrogen and oxygen atoms in total. The van der Waals surface area contributed by atoms with Crippen LogP contribution in [0.25, 0.3) is 0 Å². The number of piperidine rings is 1. The Labute approximate surface area is 275 Å². The van der Waals surface area contributed by atoms with Gasteiger partial charge in [0.15, 0.2) is 0 Å². The van der Waals surface area contributed by atoms with Crippen molar-refractivity contribution in [2.24, 2.45) is 11.8 Å². The topological polar surface area (TPSA) is 166 Å². The summed E-state index contributed by atoms with van der Waals surface area (Å²) < 4.78 is 11.6. The molecule has 1 aromatic heterocycles. The van der Waals surface area contributed by atoms with Crippen LogP contribution in [0.4, 0.5) is 4.79 Å². The van der Waals surface area contributed by atoms with Gasteiger partial charge in [-0.1, -0.05) is 45.0 Å². The molecule has 0 aliphatic carbocycles. The van der Waals surface area contributed by atoms with Crippen molar-refractivity contribution in [3.63, 3.8) is 0 Å². The fourth-order valence-electron chi connectivity index (χ4n) is 5.57. The third-order valence-electron chi connectivity index (χ3n) is 7.88. The first-order valence-electron chi connectivity index (χ1n) is 15.5. The van der Waals surface area contributed by atoms with Crippen molar-refractivity contribution < 1.29 is 23.9 Å². The van der Waals surface area contributed by atoms with Crippen molar-refractivity contribution in [2.75, 3.05) is 13.1 Å². The van der Waals surface area contributed by atoms with Crippen LogP contribution in [0.2, 0.25) is 0 Å². The van der Waals surface area contributed by atoms with Gasteiger partial charge in [0, 0.05) is 19.2 Å². The second kappa shape index (κ2) is 15.9. The van der Waals surface area contributed by atoms with Crippen molar-refractivity contribution in [3.05, 3.63) is 52.1 Å². The van der Waals surface area contributed by atoms with Gasteiger partial charge in [-0.3, -0.25) is 4.79 Å². The van der Waals surface area contributed by atoms with Crippen LogP contribution in [0.15, 0.2) is 29.3 Å². The van der Waals surface area contributed by atoms with E-state index in [-0.39, 0.29) is 28.8 Å². The van der Waals surface area contributed by atoms with E-state index >= 15 is 0 Å². The third kappa shape index (κ3) is 8.99. The number of nitrogens with zero attached hydrogens (tertiary/aromatic N) is 3. The van der Waals surface area contributed by atoms with Crippen molar-refractivity contribution in [2.45, 2.75) is 96.2 Å². The van der Waals surface area contributed by atoms with Gasteiger partial charge in [0.2, 0.25) is 11.8 Å². The lowest BCUT2D eigenvalue weighted by atomic mass is 9.71. The average Bonchev–Trinajstić information content (AvgIpc) is 3.00. The summed E-state index contributed by atoms with van der Waals surface area (Å²) in [5.41, 5.74) is 0.351. The van der Waals surface area contributed by atoms with Crippen LogP contribution in [-0.4, -0.2) is 47.2 Å². The highest BCUT2D eigenvalue weighted by Gasteiger charge is 2.52. The normalized spacial score (nSPS) is 14.8. The number of hydrogen-bond donors (Lipinski definition) is 3. The minimum atomic E-state index is -1.47. The standard InChI is InChI=1S/C34H44N6O5S/c1-8-26-27(17-35)29(39-30(28(26)18-36)46-20-24-11-9-23(10-12-24)19-38-22(4)41)44-31(42)34(21(2)3,25-13-15-37-16-14-25)40-32(43)45-33(5,6)7/h9-12,21,25,37H,8,13-16,19-20H2,1-7H3,(H,38,41)(H,40,43)/t34-/m1/s1. The third-order valence-corrected chi connectivity index (χ3v) is 8.93. The summed E-state index contributed by atoms with van der Waals surface area (Å²) in [6.45, 7) is 14.0. The number of benzene rings is 1. The van der Waals surface area contributed by atoms with Crippen molar-refractivity contribution in [1.82, 2.24) is 20.9 Å². The molecule has 1 saturated heterocycles. The van der Waals surface area contributed by atoms with E-state index in [0.29, 0.717) is 55.2 Å². The molecule has 2 aromatic rings. The smallest absolute Gasteiger partial charge is 0.408 e. The molecular weight excluding hydrogens is 604 g/mol. The lowest BCUT2D eigenvalue weighted by Crippen LogP contribution is -2.66. The summed E-state index contributed by atoms with van der Waals surface area (Å²) in [7, 11) is 0. The maximum atomic E-state index is 14.4. The Morgan fingerprint density at radius 1 is 1.07 bits per heavy atom. The molecule has 0 saturated carbocycles. The van der Waals surface area contributed by atoms with Crippen molar-refractivity contribution in [3.8, 4) is 18.0 Å². The Kier molecular flexibility index (Phi) is 12.6. The lowest BCUT2D eigenvalue weighted by Gasteiger charge is -2.43. The summed E-state index contributed by atoms with van der Waals surface area (Å²) in [5, 5.41) is 29.6. The molecule has 3 N–H and O–H groups in total. The van der Waals surface area contributed by atoms with Gasteiger partial charge in [-0.25, -0.2) is 14.6 Å². The van der Waals surface area contributed by atoms with E-state index in [1.807, 2.05) is 45.0 Å². The molecule has 46 heavy (non-hydrogen) atoms. The molecule has 1 aliphatic heterocycles. The van der Waals surface area contributed by atoms with E-state index in [1.54, 1.807) is 20.8 Å². The molecule has 1 aromatic carbocycles. The molecule has 1 atom stereocenters. The highest BCUT2D eigenvalue weighted by Crippen LogP contribution is 2.37. The van der Waals surface area contributed by atoms with Crippen LogP contribution in [0.5, 0.6) is 5.88 Å². The second-order valence-electron chi connectivity index (χ2n) is 12.6. The molecule has 2 heterocycles. The quantitative estimate of drug-likeness (QED) is 0.219. The highest BCUT2D eigenvalue weighted by molar-refractivity contribution is 7.98. The van der Waals surface area contributed by atoms with Crippen molar-refractivity contribution >= 4 is 29.7 Å². The first-order chi connectivity index (χ1) is 21.7. The van der Waals surface area contributed by atoms with Gasteiger partial charge in [0.1, 0.15) is 33.9 Å². The number of rotatable bonds is 11. The molecule has 0 unspecified atom stereocenters. The molecule has 1 fully saturated rings. The average molecular weight is 649 g/mol. The summed E-state index contributed by atoms with van der Waals surface area (Å²) >= 11 is 1.30. The van der Waals surface area contributed by atoms with Crippen molar-refractivity contribution in [1.29, 1.82) is 10.5 Å². The molecule has 0 bridgehead atoms. The van der Waals surface area contributed by atoms with Gasteiger partial charge in [0.05, 0.1) is 5.56 Å². The minimum Gasteiger partial charge on any atom is -0.444 e. The van der Waals surface area contributed by atoms with Gasteiger partial charge in [-0.15, -0.1) is 11.8 Å². The molecule has 0 radical (unpaired) electrons. The monoisotopic (exact) mass is 648 g/mol. The Hall–Kier alpha value is -4.13. The van der Waals surface area contributed by atoms with Crippen LogP contribution >= 0.6 is 11.8 Å². The van der Waals surface area contributed by atoms with Gasteiger partial charge < -0.3 is 25.4 Å². The SMILES string of the molecule is CCc1c(C#N)c(OC(=O)[C@@](NC(=O)OC(C)(C)C)(C(C)C)C2CCNCC2)nc(SCc2ccc(CNC(C)=O)cc2)c1C#N. The fraction of sp³-hybridized carbons (Fsp3) is 0.529. The van der Waals surface area contributed by atoms with E-state index in [2.05, 4.69) is 33.1 Å². The zero-order valence-electron chi connectivity index (χ0n) is 27.7. The summed E-state index contributed by atoms with van der Waals surface area (Å²) in [4.78, 5) is 43.3. The number of carbonyl (C=O) groups is 3. The largest absolute Gasteiger partial charge is 0.444 e. The molecule has 1 aliphatic rings. The Morgan fingerprint density at radius 2 is 1.67 bits per heavy atom. The lowest BCUT2D eigenvalue weighted by molar-refractivity contribution is -0.148. The molecule has 3 rings (SSSR count). The van der Waals surface area contributed by atoms with Crippen LogP contribution in [0.3, 0.4) is 0 Å². The van der Waals surface area contributed by atoms with Crippen LogP contribution < -0.4 is 20.7 Å². The number of esters is 1. The number of thioether (sulfide) groups is 1. The Balaban J connectivity index is 2.01. The molecule has 2 amide bonds. The van der Waals surface area contributed by atoms with E-state index in [0.717, 1.165) is 11.1 Å². The molecular formula is C34H44N6O5S. The zero-order valence-corrected chi connectivity index (χ0v) is 28.5. The predicted octanol–water partition coefficient (Wildman–Crippen LogP) is 5.14. The maximum absolute atomic E-state index is 14.4. The van der Waals surface area contributed by atoms with Crippen LogP contribution in [-0.2, 0) is 33.0 Å². The molecule has 0 spiro atoms. The van der Waals surface area contributed by atoms with Gasteiger partial charge in [-0.05, 0) is 81.6 Å². The number of hydrogen-bond acceptors (Lipinski definition) is 10. The number of nitriles is 2. The number of carbonyl (C=O) groups excluding carboxylic acids is 3. The van der Waals surface area contributed by atoms with E-state index in [1.165, 1.54) is 18.7 Å². The Bertz CT molecular complexity index is 1500. The van der Waals surface area contributed by atoms with E-state index in [9.17, 15) is 24.9 Å². The highest BCUT2D eigenvalue weighted by atomic mass is 32.2. The number of pyridine rings is 1. The van der Waals surface area contributed by atoms with Crippen LogP contribution in [0.1, 0.15) is 89.1 Å². The zero-order chi connectivity index (χ0) is 34.1. The second-order valence-corrected chi connectivity index (χ2v) is 13.6. The number of nitrogens with one attached hydrogen (secondary N) is 3. The molecule has 246 valence electrons. The number of amides is 2. The summed E-state index contributed by atoms with van der Waals surface area (Å²) in [6, 6.07) is 12.0. The first-order valence-corrected chi connectivity index (χ1v) is 16.5. The van der Waals surface area contributed by atoms with Crippen LogP contribution in [0, 0.1) is 34.5 Å². The summed E-state index contributed by atoms with van der Waals surface area (Å²) in [6.07, 6.45) is 0.822. The van der Waals surface area contributed by atoms with E-state index in [4.69, 9.17) is 9.47 Å². The number of aromatic nitrogens is 1. The number of ether oxygens (including phenoxy) is 2. The van der Waals surface area contributed by atoms with Gasteiger partial charge >= 0.3 is 12.1 Å². The first kappa shape index (κ1) is 36.3. The Morgan fingerprint density at radius 3 is 2.20 bits per heavy atom. The van der Waals surface area contributed by atoms with Gasteiger partial charge in [-0.2, -0.15) is 10.5 Å². The fourth-order valence-corrected chi connectivity index (χ4v) is 6.53. The van der Waals surface area contributed by atoms with E-state index < -0.39 is 29.1 Å². The van der Waals surface area contributed by atoms with Gasteiger partial charge in [0.25, 0.3) is 0 Å². The number of alkyl carbamates (subject to hydrolysis) is 1. The predicted molar refractivity (Wildman–Crippen MR) is 175 cm³/mol. The molecule has 12 heteroatoms. The summed E-state index contributed by atoms with van der Waals surface area (Å²) in [5.74, 6) is -1.25.